The Morgan fingerprint density at radius 1 is 1.22 bits per heavy atom. The van der Waals surface area contributed by atoms with Crippen LogP contribution in [0.15, 0.2) is 41.1 Å². The van der Waals surface area contributed by atoms with Crippen LogP contribution in [0.4, 0.5) is 11.6 Å². The minimum absolute atomic E-state index is 0.0843. The van der Waals surface area contributed by atoms with Crippen molar-refractivity contribution in [3.05, 3.63) is 64.9 Å². The lowest BCUT2D eigenvalue weighted by molar-refractivity contribution is -0.129. The van der Waals surface area contributed by atoms with Crippen LogP contribution < -0.4 is 25.6 Å². The number of piperidine rings is 1. The number of pyridine rings is 1. The second kappa shape index (κ2) is 15.4. The Morgan fingerprint density at radius 3 is 2.74 bits per heavy atom. The van der Waals surface area contributed by atoms with Gasteiger partial charge in [0.1, 0.15) is 24.0 Å². The SMILES string of the molecule is COCCN(C)c1cc(C(=O)NC[C@@H](O)[C@@H]2Cc3ccc(OCc4ocnc4C)cc3CN2)cc(NC2CCN(C(C)=O)CC2)n1. The van der Waals surface area contributed by atoms with Crippen molar-refractivity contribution in [2.24, 2.45) is 0 Å². The van der Waals surface area contributed by atoms with Gasteiger partial charge in [0.25, 0.3) is 5.91 Å². The van der Waals surface area contributed by atoms with E-state index in [1.54, 1.807) is 26.2 Å². The number of methoxy groups -OCH3 is 1. The number of hydrogen-bond donors (Lipinski definition) is 4. The number of fused-ring (bicyclic) bond motifs is 1. The molecule has 248 valence electrons. The summed E-state index contributed by atoms with van der Waals surface area (Å²) >= 11 is 0. The molecule has 4 N–H and O–H groups in total. The van der Waals surface area contributed by atoms with E-state index in [-0.39, 0.29) is 30.4 Å². The van der Waals surface area contributed by atoms with Crippen molar-refractivity contribution in [2.45, 2.75) is 64.4 Å². The van der Waals surface area contributed by atoms with Crippen LogP contribution in [0.3, 0.4) is 0 Å². The van der Waals surface area contributed by atoms with Gasteiger partial charge in [-0.2, -0.15) is 0 Å². The summed E-state index contributed by atoms with van der Waals surface area (Å²) in [7, 11) is 3.55. The second-order valence-corrected chi connectivity index (χ2v) is 12.0. The van der Waals surface area contributed by atoms with Crippen LogP contribution in [0.25, 0.3) is 0 Å². The van der Waals surface area contributed by atoms with E-state index in [4.69, 9.17) is 18.9 Å². The number of carbonyl (C=O) groups excluding carboxylic acids is 2. The van der Waals surface area contributed by atoms with E-state index in [1.165, 1.54) is 6.39 Å². The largest absolute Gasteiger partial charge is 0.486 e. The molecule has 13 heteroatoms. The number of likely N-dealkylation sites (tertiary alicyclic amines) is 1. The van der Waals surface area contributed by atoms with Gasteiger partial charge in [-0.05, 0) is 61.6 Å². The van der Waals surface area contributed by atoms with Crippen molar-refractivity contribution in [1.82, 2.24) is 25.5 Å². The quantitative estimate of drug-likeness (QED) is 0.219. The van der Waals surface area contributed by atoms with Crippen molar-refractivity contribution >= 4 is 23.5 Å². The molecular formula is C33H45N7O6. The zero-order valence-corrected chi connectivity index (χ0v) is 27.0. The summed E-state index contributed by atoms with van der Waals surface area (Å²) in [5.74, 6) is 2.46. The van der Waals surface area contributed by atoms with Crippen LogP contribution in [0, 0.1) is 6.92 Å². The molecule has 2 amide bonds. The Balaban J connectivity index is 1.18. The van der Waals surface area contributed by atoms with Crippen LogP contribution in [0.1, 0.15) is 52.7 Å². The van der Waals surface area contributed by atoms with Crippen molar-refractivity contribution in [2.75, 3.05) is 57.2 Å². The predicted molar refractivity (Wildman–Crippen MR) is 173 cm³/mol. The third-order valence-corrected chi connectivity index (χ3v) is 8.71. The van der Waals surface area contributed by atoms with E-state index in [2.05, 4.69) is 20.9 Å². The predicted octanol–water partition coefficient (Wildman–Crippen LogP) is 2.27. The van der Waals surface area contributed by atoms with Crippen LogP contribution in [0.5, 0.6) is 5.75 Å². The standard InChI is InChI=1S/C33H45N7O6/c1-21-30(46-20-36-21)19-45-27-6-5-23-14-28(34-17-25(23)13-27)29(42)18-35-33(43)24-15-31(38-32(16-24)39(3)11-12-44-4)37-26-7-9-40(10-8-26)22(2)41/h5-6,13,15-16,20,26,28-29,34,42H,7-12,14,17-19H2,1-4H3,(H,35,43)(H,37,38)/t28-,29+/m0/s1. The molecular weight excluding hydrogens is 590 g/mol. The maximum atomic E-state index is 13.4. The summed E-state index contributed by atoms with van der Waals surface area (Å²) in [6.45, 7) is 6.93. The number of ether oxygens (including phenoxy) is 2. The molecule has 2 aromatic heterocycles. The number of likely N-dealkylation sites (N-methyl/N-ethyl adjacent to an activating group) is 1. The van der Waals surface area contributed by atoms with Gasteiger partial charge in [0, 0.05) is 71.5 Å². The van der Waals surface area contributed by atoms with Gasteiger partial charge in [-0.1, -0.05) is 6.07 Å². The molecule has 1 aromatic carbocycles. The number of rotatable bonds is 13. The van der Waals surface area contributed by atoms with Gasteiger partial charge in [0.15, 0.2) is 12.2 Å². The molecule has 0 radical (unpaired) electrons. The number of oxazole rings is 1. The molecule has 13 nitrogen and oxygen atoms in total. The average molecular weight is 636 g/mol. The van der Waals surface area contributed by atoms with Gasteiger partial charge in [-0.15, -0.1) is 0 Å². The lowest BCUT2D eigenvalue weighted by Crippen LogP contribution is -2.49. The molecule has 0 unspecified atom stereocenters. The highest BCUT2D eigenvalue weighted by Crippen LogP contribution is 2.25. The Hall–Kier alpha value is -4.20. The first-order chi connectivity index (χ1) is 22.2. The molecule has 0 aliphatic carbocycles. The molecule has 1 fully saturated rings. The number of aliphatic hydroxyl groups is 1. The highest BCUT2D eigenvalue weighted by molar-refractivity contribution is 5.95. The monoisotopic (exact) mass is 635 g/mol. The minimum Gasteiger partial charge on any atom is -0.486 e. The Labute approximate surface area is 269 Å². The van der Waals surface area contributed by atoms with Crippen molar-refractivity contribution < 1.29 is 28.6 Å². The molecule has 1 saturated heterocycles. The first-order valence-electron chi connectivity index (χ1n) is 15.8. The number of benzene rings is 1. The highest BCUT2D eigenvalue weighted by atomic mass is 16.5. The fourth-order valence-corrected chi connectivity index (χ4v) is 5.74. The van der Waals surface area contributed by atoms with Crippen molar-refractivity contribution in [3.63, 3.8) is 0 Å². The molecule has 0 bridgehead atoms. The second-order valence-electron chi connectivity index (χ2n) is 12.0. The molecule has 0 saturated carbocycles. The first kappa shape index (κ1) is 33.2. The maximum absolute atomic E-state index is 13.4. The maximum Gasteiger partial charge on any atom is 0.251 e. The van der Waals surface area contributed by atoms with Gasteiger partial charge >= 0.3 is 0 Å². The topological polar surface area (TPSA) is 154 Å². The number of amides is 2. The van der Waals surface area contributed by atoms with Gasteiger partial charge < -0.3 is 44.7 Å². The third-order valence-electron chi connectivity index (χ3n) is 8.71. The molecule has 5 rings (SSSR count). The van der Waals surface area contributed by atoms with Gasteiger partial charge in [-0.3, -0.25) is 9.59 Å². The van der Waals surface area contributed by atoms with E-state index in [0.29, 0.717) is 68.8 Å². The summed E-state index contributed by atoms with van der Waals surface area (Å²) in [6.07, 6.45) is 2.83. The lowest BCUT2D eigenvalue weighted by Gasteiger charge is -2.32. The highest BCUT2D eigenvalue weighted by Gasteiger charge is 2.26. The summed E-state index contributed by atoms with van der Waals surface area (Å²) in [4.78, 5) is 37.8. The molecule has 3 aromatic rings. The Kier molecular flexibility index (Phi) is 11.1. The number of anilines is 2. The summed E-state index contributed by atoms with van der Waals surface area (Å²) in [5, 5.41) is 20.8. The van der Waals surface area contributed by atoms with E-state index in [0.717, 1.165) is 35.4 Å². The molecule has 2 aliphatic heterocycles. The third kappa shape index (κ3) is 8.53. The zero-order valence-electron chi connectivity index (χ0n) is 27.0. The van der Waals surface area contributed by atoms with Gasteiger partial charge in [0.2, 0.25) is 5.91 Å². The molecule has 2 aliphatic rings. The number of aliphatic hydroxyl groups excluding tert-OH is 1. The van der Waals surface area contributed by atoms with Crippen molar-refractivity contribution in [1.29, 1.82) is 0 Å². The average Bonchev–Trinajstić information content (AvgIpc) is 3.48. The molecule has 46 heavy (non-hydrogen) atoms. The fraction of sp³-hybridized carbons (Fsp3) is 0.515. The fourth-order valence-electron chi connectivity index (χ4n) is 5.74. The Bertz CT molecular complexity index is 1490. The lowest BCUT2D eigenvalue weighted by atomic mass is 9.92. The van der Waals surface area contributed by atoms with Crippen LogP contribution in [-0.2, 0) is 29.1 Å². The molecule has 4 heterocycles. The number of aromatic nitrogens is 2. The van der Waals surface area contributed by atoms with E-state index < -0.39 is 6.10 Å². The van der Waals surface area contributed by atoms with E-state index >= 15 is 0 Å². The first-order valence-corrected chi connectivity index (χ1v) is 15.8. The molecule has 2 atom stereocenters. The number of carbonyl (C=O) groups is 2. The Morgan fingerprint density at radius 2 is 2.02 bits per heavy atom. The normalized spacial score (nSPS) is 17.2. The zero-order chi connectivity index (χ0) is 32.6. The minimum atomic E-state index is -0.794. The number of hydrogen-bond acceptors (Lipinski definition) is 11. The van der Waals surface area contributed by atoms with E-state index in [9.17, 15) is 14.7 Å². The molecule has 0 spiro atoms. The van der Waals surface area contributed by atoms with Crippen LogP contribution in [0.2, 0.25) is 0 Å². The summed E-state index contributed by atoms with van der Waals surface area (Å²) in [6, 6.07) is 9.35. The van der Waals surface area contributed by atoms with E-state index in [1.807, 2.05) is 42.0 Å². The summed E-state index contributed by atoms with van der Waals surface area (Å²) in [5.41, 5.74) is 3.48. The number of aryl methyl sites for hydroxylation is 1. The van der Waals surface area contributed by atoms with Crippen molar-refractivity contribution in [3.8, 4) is 5.75 Å². The number of nitrogens with one attached hydrogen (secondary N) is 3. The van der Waals surface area contributed by atoms with Crippen LogP contribution >= 0.6 is 0 Å². The van der Waals surface area contributed by atoms with Gasteiger partial charge in [-0.25, -0.2) is 9.97 Å². The van der Waals surface area contributed by atoms with Gasteiger partial charge in [0.05, 0.1) is 18.4 Å². The smallest absolute Gasteiger partial charge is 0.251 e. The number of nitrogens with zero attached hydrogens (tertiary/aromatic N) is 4. The summed E-state index contributed by atoms with van der Waals surface area (Å²) < 4.78 is 16.5. The van der Waals surface area contributed by atoms with Crippen LogP contribution in [-0.4, -0.2) is 96.9 Å².